The third-order valence-electron chi connectivity index (χ3n) is 3.31. The van der Waals surface area contributed by atoms with Gasteiger partial charge in [0.25, 0.3) is 0 Å². The van der Waals surface area contributed by atoms with Gasteiger partial charge >= 0.3 is 5.97 Å². The number of aromatic nitrogens is 1. The van der Waals surface area contributed by atoms with Gasteiger partial charge in [0.05, 0.1) is 7.11 Å². The third kappa shape index (κ3) is 3.95. The fraction of sp³-hybridized carbons (Fsp3) is 0.333. The summed E-state index contributed by atoms with van der Waals surface area (Å²) < 4.78 is 31.6. The maximum absolute atomic E-state index is 12.8. The predicted molar refractivity (Wildman–Crippen MR) is 88.0 cm³/mol. The quantitative estimate of drug-likeness (QED) is 0.712. The minimum Gasteiger partial charge on any atom is -0.465 e. The van der Waals surface area contributed by atoms with Gasteiger partial charge in [0.15, 0.2) is 0 Å². The van der Waals surface area contributed by atoms with Crippen LogP contribution in [-0.4, -0.2) is 43.9 Å². The minimum atomic E-state index is -3.75. The standard InChI is InChI=1S/C15H18N2O4S2/c1-3-17(10-7-12-6-4-5-9-16-12)23(19,20)13-8-11-22-14(13)15(18)21-2/h4-6,8-9,11H,3,7,10H2,1-2H3. The number of hydrogen-bond donors (Lipinski definition) is 0. The van der Waals surface area contributed by atoms with E-state index in [1.807, 2.05) is 18.2 Å². The second kappa shape index (κ2) is 7.67. The topological polar surface area (TPSA) is 76.6 Å². The molecule has 0 amide bonds. The molecule has 0 bridgehead atoms. The number of nitrogens with zero attached hydrogens (tertiary/aromatic N) is 2. The number of likely N-dealkylation sites (N-methyl/N-ethyl adjacent to an activating group) is 1. The summed E-state index contributed by atoms with van der Waals surface area (Å²) >= 11 is 1.06. The Morgan fingerprint density at radius 1 is 1.35 bits per heavy atom. The largest absolute Gasteiger partial charge is 0.465 e. The molecule has 0 fully saturated rings. The van der Waals surface area contributed by atoms with E-state index in [1.54, 1.807) is 18.5 Å². The summed E-state index contributed by atoms with van der Waals surface area (Å²) in [6, 6.07) is 6.97. The summed E-state index contributed by atoms with van der Waals surface area (Å²) in [5, 5.41) is 1.58. The SMILES string of the molecule is CCN(CCc1ccccn1)S(=O)(=O)c1ccsc1C(=O)OC. The molecular weight excluding hydrogens is 336 g/mol. The van der Waals surface area contributed by atoms with Gasteiger partial charge in [-0.05, 0) is 23.6 Å². The molecule has 2 rings (SSSR count). The van der Waals surface area contributed by atoms with Crippen molar-refractivity contribution in [1.82, 2.24) is 9.29 Å². The summed E-state index contributed by atoms with van der Waals surface area (Å²) in [6.07, 6.45) is 2.18. The maximum atomic E-state index is 12.8. The first kappa shape index (κ1) is 17.6. The number of thiophene rings is 1. The number of methoxy groups -OCH3 is 1. The van der Waals surface area contributed by atoms with Crippen LogP contribution >= 0.6 is 11.3 Å². The summed E-state index contributed by atoms with van der Waals surface area (Å²) in [6.45, 7) is 2.37. The number of pyridine rings is 1. The van der Waals surface area contributed by atoms with E-state index in [4.69, 9.17) is 0 Å². The molecular formula is C15H18N2O4S2. The molecule has 0 aliphatic carbocycles. The zero-order valence-corrected chi connectivity index (χ0v) is 14.6. The molecule has 2 heterocycles. The van der Waals surface area contributed by atoms with E-state index in [0.29, 0.717) is 19.5 Å². The summed E-state index contributed by atoms with van der Waals surface area (Å²) in [5.74, 6) is -0.639. The Kier molecular flexibility index (Phi) is 5.86. The Balaban J connectivity index is 2.22. The number of hydrogen-bond acceptors (Lipinski definition) is 6. The lowest BCUT2D eigenvalue weighted by molar-refractivity contribution is 0.0602. The second-order valence-electron chi connectivity index (χ2n) is 4.67. The highest BCUT2D eigenvalue weighted by atomic mass is 32.2. The number of carbonyl (C=O) groups is 1. The van der Waals surface area contributed by atoms with Gasteiger partial charge in [-0.2, -0.15) is 4.31 Å². The lowest BCUT2D eigenvalue weighted by atomic mass is 10.3. The summed E-state index contributed by atoms with van der Waals surface area (Å²) in [4.78, 5) is 16.0. The number of esters is 1. The molecule has 2 aromatic rings. The first-order valence-electron chi connectivity index (χ1n) is 7.06. The molecule has 0 aliphatic heterocycles. The van der Waals surface area contributed by atoms with E-state index in [-0.39, 0.29) is 9.77 Å². The third-order valence-corrected chi connectivity index (χ3v) is 6.35. The fourth-order valence-corrected chi connectivity index (χ4v) is 4.87. The van der Waals surface area contributed by atoms with Crippen LogP contribution in [0.15, 0.2) is 40.7 Å². The van der Waals surface area contributed by atoms with Crippen LogP contribution in [0.3, 0.4) is 0 Å². The average molecular weight is 354 g/mol. The lowest BCUT2D eigenvalue weighted by Crippen LogP contribution is -2.33. The first-order valence-corrected chi connectivity index (χ1v) is 9.38. The summed E-state index contributed by atoms with van der Waals surface area (Å²) in [7, 11) is -2.52. The van der Waals surface area contributed by atoms with E-state index >= 15 is 0 Å². The smallest absolute Gasteiger partial charge is 0.349 e. The monoisotopic (exact) mass is 354 g/mol. The van der Waals surface area contributed by atoms with Crippen LogP contribution in [0.2, 0.25) is 0 Å². The van der Waals surface area contributed by atoms with Crippen LogP contribution in [0, 0.1) is 0 Å². The predicted octanol–water partition coefficient (Wildman–Crippen LogP) is 2.18. The van der Waals surface area contributed by atoms with Gasteiger partial charge in [-0.1, -0.05) is 13.0 Å². The van der Waals surface area contributed by atoms with Crippen LogP contribution in [0.1, 0.15) is 22.3 Å². The molecule has 124 valence electrons. The lowest BCUT2D eigenvalue weighted by Gasteiger charge is -2.20. The maximum Gasteiger partial charge on any atom is 0.349 e. The van der Waals surface area contributed by atoms with E-state index in [9.17, 15) is 13.2 Å². The fourth-order valence-electron chi connectivity index (χ4n) is 2.11. The second-order valence-corrected chi connectivity index (χ2v) is 7.50. The molecule has 0 N–H and O–H groups in total. The molecule has 0 saturated heterocycles. The van der Waals surface area contributed by atoms with Crippen molar-refractivity contribution in [3.05, 3.63) is 46.4 Å². The van der Waals surface area contributed by atoms with E-state index in [2.05, 4.69) is 9.72 Å². The van der Waals surface area contributed by atoms with Gasteiger partial charge in [-0.15, -0.1) is 11.3 Å². The highest BCUT2D eigenvalue weighted by Crippen LogP contribution is 2.26. The van der Waals surface area contributed by atoms with Gasteiger partial charge in [0, 0.05) is 31.4 Å². The Morgan fingerprint density at radius 3 is 2.74 bits per heavy atom. The van der Waals surface area contributed by atoms with E-state index in [0.717, 1.165) is 17.0 Å². The van der Waals surface area contributed by atoms with Crippen molar-refractivity contribution in [1.29, 1.82) is 0 Å². The van der Waals surface area contributed by atoms with Gasteiger partial charge in [0.1, 0.15) is 9.77 Å². The number of rotatable bonds is 7. The molecule has 23 heavy (non-hydrogen) atoms. The molecule has 8 heteroatoms. The van der Waals surface area contributed by atoms with E-state index in [1.165, 1.54) is 17.5 Å². The molecule has 0 aliphatic rings. The Labute approximate surface area is 139 Å². The molecule has 0 unspecified atom stereocenters. The van der Waals surface area contributed by atoms with Gasteiger partial charge in [-0.3, -0.25) is 4.98 Å². The van der Waals surface area contributed by atoms with Crippen LogP contribution in [-0.2, 0) is 21.2 Å². The Morgan fingerprint density at radius 2 is 2.13 bits per heavy atom. The minimum absolute atomic E-state index is 0.00257. The molecule has 0 radical (unpaired) electrons. The molecule has 0 atom stereocenters. The molecule has 2 aromatic heterocycles. The van der Waals surface area contributed by atoms with Gasteiger partial charge < -0.3 is 4.74 Å². The number of ether oxygens (including phenoxy) is 1. The molecule has 6 nitrogen and oxygen atoms in total. The van der Waals surface area contributed by atoms with Gasteiger partial charge in [0.2, 0.25) is 10.0 Å². The van der Waals surface area contributed by atoms with Crippen LogP contribution in [0.5, 0.6) is 0 Å². The number of carbonyl (C=O) groups excluding carboxylic acids is 1. The highest BCUT2D eigenvalue weighted by molar-refractivity contribution is 7.89. The zero-order valence-electron chi connectivity index (χ0n) is 12.9. The van der Waals surface area contributed by atoms with Crippen molar-refractivity contribution in [3.63, 3.8) is 0 Å². The van der Waals surface area contributed by atoms with Crippen molar-refractivity contribution in [2.45, 2.75) is 18.2 Å². The summed E-state index contributed by atoms with van der Waals surface area (Å²) in [5.41, 5.74) is 0.819. The van der Waals surface area contributed by atoms with Crippen molar-refractivity contribution in [3.8, 4) is 0 Å². The normalized spacial score (nSPS) is 11.6. The molecule has 0 spiro atoms. The van der Waals surface area contributed by atoms with E-state index < -0.39 is 16.0 Å². The van der Waals surface area contributed by atoms with Crippen molar-refractivity contribution in [2.75, 3.05) is 20.2 Å². The zero-order chi connectivity index (χ0) is 16.9. The van der Waals surface area contributed by atoms with Gasteiger partial charge in [-0.25, -0.2) is 13.2 Å². The molecule has 0 aromatic carbocycles. The Bertz CT molecular complexity index is 757. The Hall–Kier alpha value is -1.77. The average Bonchev–Trinajstić information content (AvgIpc) is 3.06. The van der Waals surface area contributed by atoms with Crippen molar-refractivity contribution in [2.24, 2.45) is 0 Å². The highest BCUT2D eigenvalue weighted by Gasteiger charge is 2.29. The molecule has 0 saturated carbocycles. The van der Waals surface area contributed by atoms with Crippen LogP contribution in [0.4, 0.5) is 0 Å². The van der Waals surface area contributed by atoms with Crippen molar-refractivity contribution < 1.29 is 17.9 Å². The van der Waals surface area contributed by atoms with Crippen molar-refractivity contribution >= 4 is 27.3 Å². The van der Waals surface area contributed by atoms with Crippen LogP contribution < -0.4 is 0 Å². The number of sulfonamides is 1. The van der Waals surface area contributed by atoms with Crippen LogP contribution in [0.25, 0.3) is 0 Å². The first-order chi connectivity index (χ1) is 11.0.